The molecule has 4 saturated carbocycles. The van der Waals surface area contributed by atoms with Crippen LogP contribution in [-0.2, 0) is 99.5 Å². The van der Waals surface area contributed by atoms with Crippen LogP contribution in [0.2, 0.25) is 0 Å². The van der Waals surface area contributed by atoms with Crippen LogP contribution in [0, 0.1) is 48.3 Å². The van der Waals surface area contributed by atoms with Crippen molar-refractivity contribution in [3.05, 3.63) is 128 Å². The van der Waals surface area contributed by atoms with Gasteiger partial charge in [0.05, 0.1) is 131 Å². The van der Waals surface area contributed by atoms with Crippen LogP contribution in [0.15, 0.2) is 123 Å². The van der Waals surface area contributed by atoms with Gasteiger partial charge in [-0.15, -0.1) is 19.7 Å². The number of alkyl halides is 1. The quantitative estimate of drug-likeness (QED) is 0.0123. The topological polar surface area (TPSA) is 436 Å². The summed E-state index contributed by atoms with van der Waals surface area (Å²) in [6.07, 6.45) is 48.2. The van der Waals surface area contributed by atoms with E-state index >= 15 is 0 Å². The van der Waals surface area contributed by atoms with Crippen molar-refractivity contribution < 1.29 is 150 Å². The highest BCUT2D eigenvalue weighted by Crippen LogP contribution is 2.58. The Hall–Kier alpha value is -6.09. The summed E-state index contributed by atoms with van der Waals surface area (Å²) in [6.45, 7) is 40.8. The summed E-state index contributed by atoms with van der Waals surface area (Å²) in [5.41, 5.74) is 1.23. The fourth-order valence-corrected chi connectivity index (χ4v) is 14.6. The number of benzene rings is 2. The molecule has 0 amide bonds. The molecule has 0 bridgehead atoms. The molecule has 0 radical (unpaired) electrons. The standard InChI is InChI=1S/C21H32O4.C10H12O2.C9H12O2.C7H12O.C7H10O.C7H16O.C6H12O3.C6H12O2.C6H14O.C6H6.C5H8O4.C4H7ClO2.C4H8O.C2H4O.C2H4.CH2O3.CH4O.2H2O/c22-21(24-12-16-11-23-16)25-15-6-9-18-14(10-15)5-8-19-17-3-1-2-13(17)4-7-20(18)19;1-8-3-2-4-9(5-8)11-6-10-7-12-10;1-2-4-8(5-3-1)10-6-9-7-11-9;1-2-3-4-5-7-6-8-7;8-6-7-4-2-1-3-5-7;1-3-5-7-8-6-4-2;1-7-2-3-8-4-6-5-9-6;1-5(2)7-3-6-4-8-6;1-2-3-4-5-6-7;1-2-4-6-5-3-1;1-7-5(6)9-3-4-2-8-4;5-3-6-1-4-2-7-4;1-2-4-5-3-1;1-2-3-1;1-2;2-1(3)4;1-2;;/h13-20H,1-12H2;2-5,10H,6-7H2,1H3;1-4,8-9H,5-7H2;2,7H,1,3-6H2;2,4,6-7H,1,3,5H2;3-7H2,1-2H3;6H,2-5H2,1H3;5-6H,3-4H2,1-2H3;7H,2-6H2,1H3;1-6H;4H,2-3H2,1H3;4H,1-3H2;1-4H2;1-2H2;1-2H2;(H2,2,3,4);2H,1H3;2*1H2. The first-order chi connectivity index (χ1) is 65.5. The van der Waals surface area contributed by atoms with Gasteiger partial charge in [-0.05, 0) is 202 Å². The van der Waals surface area contributed by atoms with Crippen LogP contribution in [0.4, 0.5) is 14.4 Å². The fraction of sp³-hybridized carbons (Fsp3) is 0.750. The highest BCUT2D eigenvalue weighted by atomic mass is 35.5. The summed E-state index contributed by atoms with van der Waals surface area (Å²) in [4.78, 5) is 40.8. The number of aldehydes is 1. The third-order valence-electron chi connectivity index (χ3n) is 22.2. The Labute approximate surface area is 819 Å². The lowest BCUT2D eigenvalue weighted by molar-refractivity contribution is -0.110. The molecule has 0 spiro atoms. The van der Waals surface area contributed by atoms with Gasteiger partial charge in [0.15, 0.2) is 0 Å². The van der Waals surface area contributed by atoms with Crippen LogP contribution in [0.3, 0.4) is 0 Å². The first kappa shape index (κ1) is 130. The molecule has 8 N–H and O–H groups in total. The Morgan fingerprint density at radius 1 is 0.529 bits per heavy atom. The van der Waals surface area contributed by atoms with Gasteiger partial charge in [-0.25, -0.2) is 14.4 Å². The molecule has 16 aliphatic rings. The molecule has 17 unspecified atom stereocenters. The van der Waals surface area contributed by atoms with Crippen LogP contribution >= 0.6 is 11.6 Å². The van der Waals surface area contributed by atoms with Crippen molar-refractivity contribution in [1.29, 1.82) is 0 Å². The van der Waals surface area contributed by atoms with Crippen LogP contribution in [0.5, 0.6) is 5.75 Å². The van der Waals surface area contributed by atoms with Gasteiger partial charge in [-0.2, -0.15) is 0 Å². The predicted octanol–water partition coefficient (Wildman–Crippen LogP) is 17.8. The maximum Gasteiger partial charge on any atom is 0.508 e. The minimum atomic E-state index is -1.83. The number of unbranched alkanes of at least 4 members (excludes halogenated alkanes) is 5. The van der Waals surface area contributed by atoms with Gasteiger partial charge >= 0.3 is 18.5 Å². The van der Waals surface area contributed by atoms with Gasteiger partial charge in [-0.1, -0.05) is 162 Å². The molecule has 18 rings (SSSR count). The summed E-state index contributed by atoms with van der Waals surface area (Å²) >= 11 is 5.20. The summed E-state index contributed by atoms with van der Waals surface area (Å²) in [6, 6.07) is 20.3. The lowest BCUT2D eigenvalue weighted by atomic mass is 9.53. The highest BCUT2D eigenvalue weighted by Gasteiger charge is 2.50. The number of rotatable bonds is 36. The lowest BCUT2D eigenvalue weighted by Gasteiger charge is -2.52. The maximum atomic E-state index is 11.9. The average Bonchev–Trinajstić information content (AvgIpc) is 1.78. The number of epoxide rings is 9. The maximum absolute atomic E-state index is 11.9. The number of methoxy groups -OCH3 is 2. The molecular weight excluding hydrogens is 1780 g/mol. The van der Waals surface area contributed by atoms with Gasteiger partial charge in [0, 0.05) is 53.2 Å². The van der Waals surface area contributed by atoms with Crippen LogP contribution < -0.4 is 4.74 Å². The number of hydrogen-bond donors (Lipinski definition) is 4. The first-order valence-corrected chi connectivity index (χ1v) is 49.9. The Morgan fingerprint density at radius 3 is 1.53 bits per heavy atom. The first-order valence-electron chi connectivity index (χ1n) is 49.3. The van der Waals surface area contributed by atoms with Crippen molar-refractivity contribution in [2.24, 2.45) is 41.4 Å². The molecule has 0 aromatic heterocycles. The van der Waals surface area contributed by atoms with Crippen LogP contribution in [-0.4, -0.2) is 309 Å². The molecule has 136 heavy (non-hydrogen) atoms. The number of ether oxygens (including phenoxy) is 21. The number of halogens is 1. The second kappa shape index (κ2) is 90.2. The number of hydrogen-bond acceptors (Lipinski definition) is 27. The highest BCUT2D eigenvalue weighted by molar-refractivity contribution is 6.17. The van der Waals surface area contributed by atoms with Gasteiger partial charge < -0.3 is 136 Å². The van der Waals surface area contributed by atoms with E-state index in [2.05, 4.69) is 85.9 Å². The zero-order valence-electron chi connectivity index (χ0n) is 83.8. The Kier molecular flexibility index (Phi) is 86.2. The van der Waals surface area contributed by atoms with Crippen LogP contribution in [0.1, 0.15) is 207 Å². The van der Waals surface area contributed by atoms with Crippen molar-refractivity contribution in [3.63, 3.8) is 0 Å². The Bertz CT molecular complexity index is 3070. The zero-order chi connectivity index (χ0) is 97.9. The van der Waals surface area contributed by atoms with Gasteiger partial charge in [0.2, 0.25) is 0 Å². The summed E-state index contributed by atoms with van der Waals surface area (Å²) in [5.74, 6) is 6.93. The molecular formula is C104H179ClO31. The number of aliphatic hydroxyl groups is 2. The molecule has 31 nitrogen and oxygen atoms in total. The number of carbonyl (C=O) groups excluding carboxylic acids is 3. The van der Waals surface area contributed by atoms with Gasteiger partial charge in [0.1, 0.15) is 86.8 Å². The molecule has 14 fully saturated rings. The number of allylic oxidation sites excluding steroid dienone is 5. The van der Waals surface area contributed by atoms with Gasteiger partial charge in [-0.3, -0.25) is 0 Å². The monoisotopic (exact) mass is 1960 g/mol. The number of aliphatic hydroxyl groups excluding tert-OH is 2. The third kappa shape index (κ3) is 82.6. The zero-order valence-corrected chi connectivity index (χ0v) is 84.6. The van der Waals surface area contributed by atoms with Crippen molar-refractivity contribution in [2.75, 3.05) is 186 Å². The molecule has 32 heteroatoms. The minimum absolute atomic E-state index is 0. The molecule has 788 valence electrons. The van der Waals surface area contributed by atoms with Crippen molar-refractivity contribution in [2.45, 2.75) is 276 Å². The smallest absolute Gasteiger partial charge is 0.491 e. The summed E-state index contributed by atoms with van der Waals surface area (Å²) < 4.78 is 105. The Balaban J connectivity index is 0.00000147. The molecule has 6 aliphatic carbocycles. The largest absolute Gasteiger partial charge is 0.508 e. The SMILES string of the molecule is C1=CCC(OCC2CO2)C=C1.C1CCOC1.C1CO1.C=C.C=CCCCC1CO1.CC(C)OCC1CO1.CCCCCCO.CCCCOCCC.CO.COC(=O)OCC1CO1.COCCOCC1CO1.Cc1cccc(OCC2CO2)c1.ClCOCC1CO1.O.O.O=C(O)O.O=C(OCC1CO1)OC1CCC2C(CCC3C4CCCC4CCC23)C1.O=CC1C=CCCC1.c1ccccc1. The van der Waals surface area contributed by atoms with E-state index in [0.717, 1.165) is 205 Å². The van der Waals surface area contributed by atoms with E-state index in [0.29, 0.717) is 102 Å². The summed E-state index contributed by atoms with van der Waals surface area (Å²) in [5, 5.41) is 29.2. The van der Waals surface area contributed by atoms with E-state index in [1.807, 2.05) is 92.7 Å². The second-order valence-corrected chi connectivity index (χ2v) is 34.5. The lowest BCUT2D eigenvalue weighted by Crippen LogP contribution is -2.45. The van der Waals surface area contributed by atoms with E-state index in [9.17, 15) is 14.4 Å². The molecule has 10 heterocycles. The van der Waals surface area contributed by atoms with E-state index in [1.165, 1.54) is 128 Å². The number of carboxylic acid groups (broad SMARTS) is 2. The molecule has 2 aromatic carbocycles. The minimum Gasteiger partial charge on any atom is -0.491 e. The molecule has 2 aromatic rings. The predicted molar refractivity (Wildman–Crippen MR) is 528 cm³/mol. The molecule has 10 saturated heterocycles. The Morgan fingerprint density at radius 2 is 1.07 bits per heavy atom. The van der Waals surface area contributed by atoms with E-state index in [1.54, 1.807) is 7.11 Å². The number of aryl methyl sites for hydroxylation is 1. The van der Waals surface area contributed by atoms with Crippen molar-refractivity contribution in [3.8, 4) is 5.75 Å². The van der Waals surface area contributed by atoms with Crippen molar-refractivity contribution in [1.82, 2.24) is 0 Å². The summed E-state index contributed by atoms with van der Waals surface area (Å²) in [7, 11) is 3.94. The third-order valence-corrected chi connectivity index (χ3v) is 22.4. The number of carbonyl (C=O) groups is 4. The van der Waals surface area contributed by atoms with Crippen molar-refractivity contribution >= 4 is 36.4 Å². The average molecular weight is 1960 g/mol. The van der Waals surface area contributed by atoms with Gasteiger partial charge in [0.25, 0.3) is 0 Å². The van der Waals surface area contributed by atoms with Crippen LogP contribution in [0.25, 0.3) is 0 Å². The van der Waals surface area contributed by atoms with E-state index in [4.69, 9.17) is 122 Å². The molecule has 17 atom stereocenters. The van der Waals surface area contributed by atoms with E-state index < -0.39 is 18.5 Å². The number of fused-ring (bicyclic) bond motifs is 5. The second-order valence-electron chi connectivity index (χ2n) is 34.3. The fourth-order valence-electron chi connectivity index (χ4n) is 14.5. The molecule has 10 aliphatic heterocycles. The normalized spacial score (nSPS) is 25.7. The van der Waals surface area contributed by atoms with E-state index in [-0.39, 0.29) is 47.4 Å².